The van der Waals surface area contributed by atoms with Gasteiger partial charge in [0, 0.05) is 12.1 Å². The molecule has 21 heavy (non-hydrogen) atoms. The van der Waals surface area contributed by atoms with E-state index in [-0.39, 0.29) is 18.0 Å². The Balaban J connectivity index is 2.43. The van der Waals surface area contributed by atoms with Crippen molar-refractivity contribution < 1.29 is 14.7 Å². The Morgan fingerprint density at radius 3 is 2.24 bits per heavy atom. The number of hydrogen-bond acceptors (Lipinski definition) is 3. The summed E-state index contributed by atoms with van der Waals surface area (Å²) >= 11 is 0. The SMILES string of the molecule is CC(C(=O)O)c1ccc(CNCC(=O)NC(C)(C)C)cc1. The first-order valence-electron chi connectivity index (χ1n) is 7.02. The van der Waals surface area contributed by atoms with Crippen LogP contribution in [0.25, 0.3) is 0 Å². The predicted molar refractivity (Wildman–Crippen MR) is 82.1 cm³/mol. The molecule has 0 aliphatic heterocycles. The lowest BCUT2D eigenvalue weighted by Crippen LogP contribution is -2.44. The molecule has 0 heterocycles. The van der Waals surface area contributed by atoms with Gasteiger partial charge in [0.05, 0.1) is 12.5 Å². The zero-order valence-corrected chi connectivity index (χ0v) is 13.1. The van der Waals surface area contributed by atoms with Crippen LogP contribution in [-0.2, 0) is 16.1 Å². The molecule has 3 N–H and O–H groups in total. The van der Waals surface area contributed by atoms with E-state index in [9.17, 15) is 9.59 Å². The average molecular weight is 292 g/mol. The van der Waals surface area contributed by atoms with Crippen molar-refractivity contribution in [3.63, 3.8) is 0 Å². The van der Waals surface area contributed by atoms with Gasteiger partial charge in [-0.1, -0.05) is 24.3 Å². The van der Waals surface area contributed by atoms with Crippen LogP contribution >= 0.6 is 0 Å². The van der Waals surface area contributed by atoms with E-state index in [2.05, 4.69) is 10.6 Å². The Kier molecular flexibility index (Phi) is 5.90. The molecule has 0 aliphatic rings. The smallest absolute Gasteiger partial charge is 0.310 e. The average Bonchev–Trinajstić information content (AvgIpc) is 2.36. The van der Waals surface area contributed by atoms with Gasteiger partial charge in [0.15, 0.2) is 0 Å². The third kappa shape index (κ3) is 6.40. The first kappa shape index (κ1) is 17.2. The second kappa shape index (κ2) is 7.22. The summed E-state index contributed by atoms with van der Waals surface area (Å²) in [6, 6.07) is 7.38. The molecule has 0 radical (unpaired) electrons. The Morgan fingerprint density at radius 1 is 1.19 bits per heavy atom. The summed E-state index contributed by atoms with van der Waals surface area (Å²) in [7, 11) is 0. The number of carbonyl (C=O) groups is 2. The van der Waals surface area contributed by atoms with Crippen molar-refractivity contribution in [2.45, 2.75) is 45.7 Å². The fraction of sp³-hybridized carbons (Fsp3) is 0.500. The number of nitrogens with one attached hydrogen (secondary N) is 2. The van der Waals surface area contributed by atoms with Crippen LogP contribution in [0, 0.1) is 0 Å². The standard InChI is InChI=1S/C16H24N2O3/c1-11(15(20)21)13-7-5-12(6-8-13)9-17-10-14(19)18-16(2,3)4/h5-8,11,17H,9-10H2,1-4H3,(H,18,19)(H,20,21). The summed E-state index contributed by atoms with van der Waals surface area (Å²) in [5.41, 5.74) is 1.56. The highest BCUT2D eigenvalue weighted by atomic mass is 16.4. The molecule has 5 nitrogen and oxygen atoms in total. The van der Waals surface area contributed by atoms with E-state index in [4.69, 9.17) is 5.11 Å². The molecule has 0 fully saturated rings. The molecule has 1 amide bonds. The van der Waals surface area contributed by atoms with Crippen molar-refractivity contribution in [3.8, 4) is 0 Å². The van der Waals surface area contributed by atoms with Crippen LogP contribution < -0.4 is 10.6 Å². The molecule has 0 spiro atoms. The van der Waals surface area contributed by atoms with Crippen LogP contribution in [0.1, 0.15) is 44.7 Å². The minimum atomic E-state index is -0.834. The van der Waals surface area contributed by atoms with E-state index in [1.165, 1.54) is 0 Å². The van der Waals surface area contributed by atoms with Crippen molar-refractivity contribution in [2.24, 2.45) is 0 Å². The summed E-state index contributed by atoms with van der Waals surface area (Å²) < 4.78 is 0. The van der Waals surface area contributed by atoms with Crippen molar-refractivity contribution in [1.82, 2.24) is 10.6 Å². The van der Waals surface area contributed by atoms with Crippen molar-refractivity contribution in [3.05, 3.63) is 35.4 Å². The van der Waals surface area contributed by atoms with Crippen LogP contribution in [0.2, 0.25) is 0 Å². The fourth-order valence-electron chi connectivity index (χ4n) is 1.85. The lowest BCUT2D eigenvalue weighted by atomic mass is 10.0. The maximum atomic E-state index is 11.6. The van der Waals surface area contributed by atoms with Gasteiger partial charge in [-0.05, 0) is 38.8 Å². The van der Waals surface area contributed by atoms with E-state index in [1.54, 1.807) is 6.92 Å². The largest absolute Gasteiger partial charge is 0.481 e. The van der Waals surface area contributed by atoms with E-state index in [0.29, 0.717) is 6.54 Å². The Labute approximate surface area is 125 Å². The highest BCUT2D eigenvalue weighted by Crippen LogP contribution is 2.15. The molecule has 116 valence electrons. The van der Waals surface area contributed by atoms with Crippen molar-refractivity contribution >= 4 is 11.9 Å². The zero-order valence-electron chi connectivity index (χ0n) is 13.1. The molecule has 0 bridgehead atoms. The minimum Gasteiger partial charge on any atom is -0.481 e. The van der Waals surface area contributed by atoms with Gasteiger partial charge in [-0.25, -0.2) is 0 Å². The van der Waals surface area contributed by atoms with Crippen LogP contribution in [0.3, 0.4) is 0 Å². The maximum absolute atomic E-state index is 11.6. The van der Waals surface area contributed by atoms with Gasteiger partial charge in [-0.3, -0.25) is 9.59 Å². The van der Waals surface area contributed by atoms with Gasteiger partial charge >= 0.3 is 5.97 Å². The third-order valence-electron chi connectivity index (χ3n) is 2.98. The molecular weight excluding hydrogens is 268 g/mol. The molecule has 1 aromatic carbocycles. The second-order valence-corrected chi connectivity index (χ2v) is 6.20. The van der Waals surface area contributed by atoms with Gasteiger partial charge in [0.1, 0.15) is 0 Å². The third-order valence-corrected chi connectivity index (χ3v) is 2.98. The normalized spacial score (nSPS) is 12.8. The summed E-state index contributed by atoms with van der Waals surface area (Å²) in [5.74, 6) is -1.39. The van der Waals surface area contributed by atoms with E-state index >= 15 is 0 Å². The summed E-state index contributed by atoms with van der Waals surface area (Å²) in [5, 5.41) is 14.9. The highest BCUT2D eigenvalue weighted by Gasteiger charge is 2.14. The van der Waals surface area contributed by atoms with Crippen LogP contribution in [0.4, 0.5) is 0 Å². The molecule has 0 saturated carbocycles. The lowest BCUT2D eigenvalue weighted by molar-refractivity contribution is -0.138. The minimum absolute atomic E-state index is 0.0429. The van der Waals surface area contributed by atoms with Crippen LogP contribution in [-0.4, -0.2) is 29.1 Å². The molecule has 5 heteroatoms. The summed E-state index contributed by atoms with van der Waals surface area (Å²) in [4.78, 5) is 22.5. The molecule has 0 aliphatic carbocycles. The quantitative estimate of drug-likeness (QED) is 0.748. The van der Waals surface area contributed by atoms with Crippen LogP contribution in [0.15, 0.2) is 24.3 Å². The number of rotatable bonds is 6. The van der Waals surface area contributed by atoms with Crippen LogP contribution in [0.5, 0.6) is 0 Å². The van der Waals surface area contributed by atoms with E-state index in [1.807, 2.05) is 45.0 Å². The van der Waals surface area contributed by atoms with E-state index < -0.39 is 11.9 Å². The summed E-state index contributed by atoms with van der Waals surface area (Å²) in [6.07, 6.45) is 0. The maximum Gasteiger partial charge on any atom is 0.310 e. The van der Waals surface area contributed by atoms with Gasteiger partial charge < -0.3 is 15.7 Å². The Morgan fingerprint density at radius 2 is 1.76 bits per heavy atom. The van der Waals surface area contributed by atoms with E-state index in [0.717, 1.165) is 11.1 Å². The number of hydrogen-bond donors (Lipinski definition) is 3. The Bertz CT molecular complexity index is 489. The number of carbonyl (C=O) groups excluding carboxylic acids is 1. The van der Waals surface area contributed by atoms with Gasteiger partial charge in [0.2, 0.25) is 5.91 Å². The lowest BCUT2D eigenvalue weighted by Gasteiger charge is -2.20. The molecule has 1 unspecified atom stereocenters. The number of aliphatic carboxylic acids is 1. The molecule has 0 saturated heterocycles. The number of carboxylic acid groups (broad SMARTS) is 1. The number of carboxylic acids is 1. The second-order valence-electron chi connectivity index (χ2n) is 6.20. The Hall–Kier alpha value is -1.88. The van der Waals surface area contributed by atoms with Crippen molar-refractivity contribution in [2.75, 3.05) is 6.54 Å². The van der Waals surface area contributed by atoms with Gasteiger partial charge in [-0.15, -0.1) is 0 Å². The van der Waals surface area contributed by atoms with Gasteiger partial charge in [0.25, 0.3) is 0 Å². The fourth-order valence-corrected chi connectivity index (χ4v) is 1.85. The number of amides is 1. The van der Waals surface area contributed by atoms with Crippen molar-refractivity contribution in [1.29, 1.82) is 0 Å². The summed E-state index contributed by atoms with van der Waals surface area (Å²) in [6.45, 7) is 8.30. The molecule has 0 aromatic heterocycles. The number of benzene rings is 1. The first-order chi connectivity index (χ1) is 9.69. The molecule has 1 atom stereocenters. The molecule has 1 rings (SSSR count). The first-order valence-corrected chi connectivity index (χ1v) is 7.02. The monoisotopic (exact) mass is 292 g/mol. The molecular formula is C16H24N2O3. The zero-order chi connectivity index (χ0) is 16.0. The predicted octanol–water partition coefficient (Wildman–Crippen LogP) is 1.88. The highest BCUT2D eigenvalue weighted by molar-refractivity contribution is 5.78. The van der Waals surface area contributed by atoms with Gasteiger partial charge in [-0.2, -0.15) is 0 Å². The molecule has 1 aromatic rings. The topological polar surface area (TPSA) is 78.4 Å².